The lowest BCUT2D eigenvalue weighted by Crippen LogP contribution is -1.95. The van der Waals surface area contributed by atoms with E-state index in [1.54, 1.807) is 0 Å². The summed E-state index contributed by atoms with van der Waals surface area (Å²) in [5, 5.41) is 9.69. The van der Waals surface area contributed by atoms with Crippen LogP contribution in [0.25, 0.3) is 11.1 Å². The first-order chi connectivity index (χ1) is 9.02. The van der Waals surface area contributed by atoms with E-state index in [0.29, 0.717) is 31.9 Å². The van der Waals surface area contributed by atoms with Crippen LogP contribution in [-0.4, -0.2) is 4.98 Å². The Morgan fingerprint density at radius 1 is 1.05 bits per heavy atom. The zero-order valence-corrected chi connectivity index (χ0v) is 11.7. The van der Waals surface area contributed by atoms with Crippen molar-refractivity contribution >= 4 is 34.8 Å². The van der Waals surface area contributed by atoms with Crippen LogP contribution in [0.1, 0.15) is 5.69 Å². The summed E-state index contributed by atoms with van der Waals surface area (Å²) in [5.41, 5.74) is 1.36. The first-order valence-electron chi connectivity index (χ1n) is 5.19. The van der Waals surface area contributed by atoms with E-state index in [1.807, 2.05) is 6.07 Å². The smallest absolute Gasteiger partial charge is 0.142 e. The molecule has 6 heteroatoms. The molecular weight excluding hydrogens is 310 g/mol. The molecule has 0 aliphatic carbocycles. The number of halogens is 4. The van der Waals surface area contributed by atoms with Gasteiger partial charge in [0.15, 0.2) is 0 Å². The predicted molar refractivity (Wildman–Crippen MR) is 74.0 cm³/mol. The molecular formula is C13H6Cl3FN2. The Balaban J connectivity index is 2.67. The molecule has 0 aliphatic rings. The number of nitriles is 1. The Labute approximate surface area is 124 Å². The summed E-state index contributed by atoms with van der Waals surface area (Å²) < 4.78 is 13.3. The van der Waals surface area contributed by atoms with Gasteiger partial charge in [-0.2, -0.15) is 5.26 Å². The Morgan fingerprint density at radius 2 is 1.74 bits per heavy atom. The number of hydrogen-bond acceptors (Lipinski definition) is 2. The summed E-state index contributed by atoms with van der Waals surface area (Å²) in [5.74, 6) is -0.515. The minimum Gasteiger partial charge on any atom is -0.257 e. The minimum absolute atomic E-state index is 0.0478. The zero-order valence-electron chi connectivity index (χ0n) is 9.42. The highest BCUT2D eigenvalue weighted by atomic mass is 35.5. The van der Waals surface area contributed by atoms with Crippen LogP contribution in [0.2, 0.25) is 15.1 Å². The lowest BCUT2D eigenvalue weighted by atomic mass is 10.0. The molecule has 0 aliphatic heterocycles. The van der Waals surface area contributed by atoms with E-state index in [2.05, 4.69) is 4.98 Å². The normalized spacial score (nSPS) is 10.3. The van der Waals surface area contributed by atoms with Crippen molar-refractivity contribution in [1.82, 2.24) is 4.98 Å². The number of pyridine rings is 1. The summed E-state index contributed by atoms with van der Waals surface area (Å²) >= 11 is 17.9. The molecule has 1 aromatic carbocycles. The van der Waals surface area contributed by atoms with E-state index in [-0.39, 0.29) is 6.42 Å². The maximum atomic E-state index is 13.3. The van der Waals surface area contributed by atoms with Crippen molar-refractivity contribution in [1.29, 1.82) is 5.26 Å². The van der Waals surface area contributed by atoms with Gasteiger partial charge in [-0.1, -0.05) is 34.8 Å². The van der Waals surface area contributed by atoms with E-state index < -0.39 is 5.82 Å². The molecule has 19 heavy (non-hydrogen) atoms. The van der Waals surface area contributed by atoms with Crippen LogP contribution < -0.4 is 0 Å². The monoisotopic (exact) mass is 314 g/mol. The molecule has 2 rings (SSSR count). The van der Waals surface area contributed by atoms with Crippen LogP contribution in [0.3, 0.4) is 0 Å². The van der Waals surface area contributed by atoms with E-state index in [0.717, 1.165) is 6.20 Å². The van der Waals surface area contributed by atoms with Gasteiger partial charge < -0.3 is 0 Å². The molecule has 0 unspecified atom stereocenters. The second kappa shape index (κ2) is 5.75. The fraction of sp³-hybridized carbons (Fsp3) is 0.0769. The summed E-state index contributed by atoms with van der Waals surface area (Å²) in [6.07, 6.45) is 1.10. The number of nitrogens with zero attached hydrogens (tertiary/aromatic N) is 2. The molecule has 0 spiro atoms. The molecule has 2 aromatic rings. The molecule has 0 saturated carbocycles. The lowest BCUT2D eigenvalue weighted by molar-refractivity contribution is 0.620. The van der Waals surface area contributed by atoms with Crippen molar-refractivity contribution in [3.8, 4) is 17.2 Å². The van der Waals surface area contributed by atoms with Crippen molar-refractivity contribution in [2.24, 2.45) is 0 Å². The lowest BCUT2D eigenvalue weighted by Gasteiger charge is -2.10. The van der Waals surface area contributed by atoms with Crippen LogP contribution in [0.4, 0.5) is 4.39 Å². The van der Waals surface area contributed by atoms with E-state index in [4.69, 9.17) is 40.1 Å². The number of benzene rings is 1. The highest BCUT2D eigenvalue weighted by Crippen LogP contribution is 2.36. The third-order valence-corrected chi connectivity index (χ3v) is 3.52. The molecule has 0 radical (unpaired) electrons. The van der Waals surface area contributed by atoms with Gasteiger partial charge in [-0.05, 0) is 18.2 Å². The van der Waals surface area contributed by atoms with Gasteiger partial charge >= 0.3 is 0 Å². The Hall–Kier alpha value is -1.34. The first-order valence-corrected chi connectivity index (χ1v) is 6.32. The van der Waals surface area contributed by atoms with Gasteiger partial charge in [0.05, 0.1) is 39.4 Å². The molecule has 1 aromatic heterocycles. The SMILES string of the molecule is N#CCc1ncc(F)cc1-c1cc(Cl)c(Cl)cc1Cl. The number of aromatic nitrogens is 1. The Bertz CT molecular complexity index is 680. The van der Waals surface area contributed by atoms with Crippen LogP contribution in [0.5, 0.6) is 0 Å². The molecule has 0 atom stereocenters. The van der Waals surface area contributed by atoms with Crippen LogP contribution >= 0.6 is 34.8 Å². The van der Waals surface area contributed by atoms with Crippen molar-refractivity contribution in [2.75, 3.05) is 0 Å². The summed E-state index contributed by atoms with van der Waals surface area (Å²) in [6, 6.07) is 6.25. The molecule has 96 valence electrons. The van der Waals surface area contributed by atoms with Gasteiger partial charge in [0.1, 0.15) is 5.82 Å². The summed E-state index contributed by atoms with van der Waals surface area (Å²) in [7, 11) is 0. The minimum atomic E-state index is -0.515. The fourth-order valence-corrected chi connectivity index (χ4v) is 2.29. The standard InChI is InChI=1S/C13H6Cl3FN2/c14-10-5-12(16)11(15)4-8(10)9-3-7(17)6-19-13(9)1-2-18/h3-6H,1H2. The number of hydrogen-bond donors (Lipinski definition) is 0. The van der Waals surface area contributed by atoms with Gasteiger partial charge in [0, 0.05) is 11.1 Å². The Kier molecular flexibility index (Phi) is 4.26. The second-order valence-electron chi connectivity index (χ2n) is 3.73. The first kappa shape index (κ1) is 14.1. The fourth-order valence-electron chi connectivity index (χ4n) is 1.65. The van der Waals surface area contributed by atoms with Crippen molar-refractivity contribution in [3.05, 3.63) is 51.0 Å². The van der Waals surface area contributed by atoms with Crippen LogP contribution in [-0.2, 0) is 6.42 Å². The molecule has 0 N–H and O–H groups in total. The van der Waals surface area contributed by atoms with Gasteiger partial charge in [-0.25, -0.2) is 4.39 Å². The molecule has 0 fully saturated rings. The largest absolute Gasteiger partial charge is 0.257 e. The number of rotatable bonds is 2. The van der Waals surface area contributed by atoms with Gasteiger partial charge in [-0.3, -0.25) is 4.98 Å². The van der Waals surface area contributed by atoms with Gasteiger partial charge in [0.2, 0.25) is 0 Å². The average molecular weight is 316 g/mol. The van der Waals surface area contributed by atoms with E-state index >= 15 is 0 Å². The summed E-state index contributed by atoms with van der Waals surface area (Å²) in [4.78, 5) is 3.91. The molecule has 0 amide bonds. The highest BCUT2D eigenvalue weighted by Gasteiger charge is 2.13. The van der Waals surface area contributed by atoms with Crippen molar-refractivity contribution in [3.63, 3.8) is 0 Å². The van der Waals surface area contributed by atoms with Crippen LogP contribution in [0.15, 0.2) is 24.4 Å². The Morgan fingerprint density at radius 3 is 2.42 bits per heavy atom. The van der Waals surface area contributed by atoms with Crippen LogP contribution in [0, 0.1) is 17.1 Å². The van der Waals surface area contributed by atoms with E-state index in [1.165, 1.54) is 18.2 Å². The quantitative estimate of drug-likeness (QED) is 0.738. The van der Waals surface area contributed by atoms with Gasteiger partial charge in [-0.15, -0.1) is 0 Å². The zero-order chi connectivity index (χ0) is 14.0. The van der Waals surface area contributed by atoms with Gasteiger partial charge in [0.25, 0.3) is 0 Å². The summed E-state index contributed by atoms with van der Waals surface area (Å²) in [6.45, 7) is 0. The van der Waals surface area contributed by atoms with E-state index in [9.17, 15) is 4.39 Å². The average Bonchev–Trinajstić information content (AvgIpc) is 2.36. The highest BCUT2D eigenvalue weighted by molar-refractivity contribution is 6.44. The maximum Gasteiger partial charge on any atom is 0.142 e. The maximum absolute atomic E-state index is 13.3. The molecule has 0 saturated heterocycles. The second-order valence-corrected chi connectivity index (χ2v) is 4.95. The molecule has 2 nitrogen and oxygen atoms in total. The third-order valence-electron chi connectivity index (χ3n) is 2.48. The molecule has 0 bridgehead atoms. The molecule has 1 heterocycles. The van der Waals surface area contributed by atoms with Crippen molar-refractivity contribution in [2.45, 2.75) is 6.42 Å². The predicted octanol–water partition coefficient (Wildman–Crippen LogP) is 4.91. The third kappa shape index (κ3) is 2.98. The van der Waals surface area contributed by atoms with Crippen molar-refractivity contribution < 1.29 is 4.39 Å². The topological polar surface area (TPSA) is 36.7 Å².